The van der Waals surface area contributed by atoms with E-state index in [9.17, 15) is 4.79 Å². The largest absolute Gasteiger partial charge is 0.393 e. The molecule has 1 amide bonds. The second kappa shape index (κ2) is 5.80. The number of likely N-dealkylation sites (tertiary alicyclic amines) is 1. The van der Waals surface area contributed by atoms with Crippen molar-refractivity contribution in [3.8, 4) is 0 Å². The molecule has 1 heterocycles. The van der Waals surface area contributed by atoms with Crippen molar-refractivity contribution in [2.45, 2.75) is 12.8 Å². The maximum Gasteiger partial charge on any atom is 0.255 e. The van der Waals surface area contributed by atoms with Crippen LogP contribution in [-0.4, -0.2) is 28.9 Å². The Hall–Kier alpha value is -0.940. The SMILES string of the molecule is NC(=S)C1CCCN(C(=O)c2ccccc2Br)C1. The molecule has 5 heteroatoms. The lowest BCUT2D eigenvalue weighted by Gasteiger charge is -2.32. The lowest BCUT2D eigenvalue weighted by molar-refractivity contribution is 0.0702. The molecule has 1 aromatic rings. The van der Waals surface area contributed by atoms with E-state index < -0.39 is 0 Å². The van der Waals surface area contributed by atoms with E-state index in [1.54, 1.807) is 0 Å². The summed E-state index contributed by atoms with van der Waals surface area (Å²) in [6.45, 7) is 1.41. The smallest absolute Gasteiger partial charge is 0.255 e. The van der Waals surface area contributed by atoms with Crippen molar-refractivity contribution < 1.29 is 4.79 Å². The summed E-state index contributed by atoms with van der Waals surface area (Å²) in [7, 11) is 0. The van der Waals surface area contributed by atoms with Gasteiger partial charge in [0, 0.05) is 23.5 Å². The molecule has 0 bridgehead atoms. The van der Waals surface area contributed by atoms with Gasteiger partial charge in [-0.15, -0.1) is 0 Å². The second-order valence-electron chi connectivity index (χ2n) is 4.47. The van der Waals surface area contributed by atoms with Crippen LogP contribution in [0.25, 0.3) is 0 Å². The second-order valence-corrected chi connectivity index (χ2v) is 5.80. The fourth-order valence-corrected chi connectivity index (χ4v) is 2.85. The molecule has 2 rings (SSSR count). The van der Waals surface area contributed by atoms with Crippen LogP contribution >= 0.6 is 28.1 Å². The van der Waals surface area contributed by atoms with E-state index in [-0.39, 0.29) is 11.8 Å². The molecule has 18 heavy (non-hydrogen) atoms. The number of benzene rings is 1. The van der Waals surface area contributed by atoms with E-state index in [4.69, 9.17) is 18.0 Å². The summed E-state index contributed by atoms with van der Waals surface area (Å²) in [6, 6.07) is 7.47. The van der Waals surface area contributed by atoms with Crippen LogP contribution in [0.5, 0.6) is 0 Å². The van der Waals surface area contributed by atoms with E-state index in [1.165, 1.54) is 0 Å². The first kappa shape index (κ1) is 13.5. The zero-order chi connectivity index (χ0) is 13.1. The average Bonchev–Trinajstić information content (AvgIpc) is 2.38. The van der Waals surface area contributed by atoms with E-state index in [0.29, 0.717) is 17.1 Å². The van der Waals surface area contributed by atoms with Gasteiger partial charge in [0.1, 0.15) is 0 Å². The molecule has 2 N–H and O–H groups in total. The number of hydrogen-bond acceptors (Lipinski definition) is 2. The molecule has 0 aliphatic carbocycles. The molecule has 1 fully saturated rings. The van der Waals surface area contributed by atoms with Crippen LogP contribution in [0.3, 0.4) is 0 Å². The predicted molar refractivity (Wildman–Crippen MR) is 79.6 cm³/mol. The Morgan fingerprint density at radius 1 is 1.44 bits per heavy atom. The lowest BCUT2D eigenvalue weighted by atomic mass is 9.97. The van der Waals surface area contributed by atoms with E-state index >= 15 is 0 Å². The van der Waals surface area contributed by atoms with Crippen molar-refractivity contribution in [2.75, 3.05) is 13.1 Å². The minimum atomic E-state index is 0.0448. The van der Waals surface area contributed by atoms with Gasteiger partial charge in [-0.1, -0.05) is 24.4 Å². The van der Waals surface area contributed by atoms with Gasteiger partial charge < -0.3 is 10.6 Å². The topological polar surface area (TPSA) is 46.3 Å². The van der Waals surface area contributed by atoms with Gasteiger partial charge in [-0.3, -0.25) is 4.79 Å². The van der Waals surface area contributed by atoms with Crippen LogP contribution in [0.4, 0.5) is 0 Å². The lowest BCUT2D eigenvalue weighted by Crippen LogP contribution is -2.43. The first-order valence-corrected chi connectivity index (χ1v) is 7.13. The van der Waals surface area contributed by atoms with Crippen molar-refractivity contribution in [2.24, 2.45) is 11.7 Å². The summed E-state index contributed by atoms with van der Waals surface area (Å²) in [5.41, 5.74) is 6.38. The Balaban J connectivity index is 2.14. The molecular weight excluding hydrogens is 312 g/mol. The number of nitrogens with zero attached hydrogens (tertiary/aromatic N) is 1. The van der Waals surface area contributed by atoms with Crippen molar-refractivity contribution >= 4 is 39.0 Å². The molecule has 0 radical (unpaired) electrons. The van der Waals surface area contributed by atoms with Gasteiger partial charge in [0.05, 0.1) is 10.6 Å². The number of rotatable bonds is 2. The standard InChI is InChI=1S/C13H15BrN2OS/c14-11-6-2-1-5-10(11)13(17)16-7-3-4-9(8-16)12(15)18/h1-2,5-6,9H,3-4,7-8H2,(H2,15,18). The third kappa shape index (κ3) is 2.90. The Labute approximate surface area is 120 Å². The Bertz CT molecular complexity index is 478. The molecule has 1 saturated heterocycles. The number of piperidine rings is 1. The molecule has 1 aliphatic rings. The number of carbonyl (C=O) groups is 1. The van der Waals surface area contributed by atoms with Crippen LogP contribution < -0.4 is 5.73 Å². The maximum absolute atomic E-state index is 12.4. The van der Waals surface area contributed by atoms with Crippen molar-refractivity contribution in [3.63, 3.8) is 0 Å². The highest BCUT2D eigenvalue weighted by atomic mass is 79.9. The fraction of sp³-hybridized carbons (Fsp3) is 0.385. The first-order chi connectivity index (χ1) is 8.59. The number of halogens is 1. The van der Waals surface area contributed by atoms with Crippen LogP contribution in [0.1, 0.15) is 23.2 Å². The predicted octanol–water partition coefficient (Wildman–Crippen LogP) is 2.59. The minimum Gasteiger partial charge on any atom is -0.393 e. The Morgan fingerprint density at radius 3 is 2.83 bits per heavy atom. The van der Waals surface area contributed by atoms with Gasteiger partial charge in [0.2, 0.25) is 0 Å². The van der Waals surface area contributed by atoms with Gasteiger partial charge in [-0.2, -0.15) is 0 Å². The average molecular weight is 327 g/mol. The zero-order valence-electron chi connectivity index (χ0n) is 9.93. The van der Waals surface area contributed by atoms with E-state index in [2.05, 4.69) is 15.9 Å². The van der Waals surface area contributed by atoms with Gasteiger partial charge in [0.25, 0.3) is 5.91 Å². The van der Waals surface area contributed by atoms with E-state index in [1.807, 2.05) is 29.2 Å². The van der Waals surface area contributed by atoms with Crippen LogP contribution in [0.2, 0.25) is 0 Å². The summed E-state index contributed by atoms with van der Waals surface area (Å²) < 4.78 is 0.826. The minimum absolute atomic E-state index is 0.0448. The molecule has 0 saturated carbocycles. The van der Waals surface area contributed by atoms with Crippen molar-refractivity contribution in [1.82, 2.24) is 4.90 Å². The van der Waals surface area contributed by atoms with Crippen molar-refractivity contribution in [1.29, 1.82) is 0 Å². The highest BCUT2D eigenvalue weighted by molar-refractivity contribution is 9.10. The summed E-state index contributed by atoms with van der Waals surface area (Å²) in [5, 5.41) is 0. The van der Waals surface area contributed by atoms with Gasteiger partial charge in [-0.25, -0.2) is 0 Å². The number of thiocarbonyl (C=S) groups is 1. The van der Waals surface area contributed by atoms with E-state index in [0.717, 1.165) is 23.9 Å². The third-order valence-electron chi connectivity index (χ3n) is 3.22. The molecule has 1 unspecified atom stereocenters. The van der Waals surface area contributed by atoms with Crippen molar-refractivity contribution in [3.05, 3.63) is 34.3 Å². The van der Waals surface area contributed by atoms with Crippen LogP contribution in [0.15, 0.2) is 28.7 Å². The normalized spacial score (nSPS) is 19.6. The number of hydrogen-bond donors (Lipinski definition) is 1. The number of nitrogens with two attached hydrogens (primary N) is 1. The molecule has 96 valence electrons. The monoisotopic (exact) mass is 326 g/mol. The molecule has 0 spiro atoms. The summed E-state index contributed by atoms with van der Waals surface area (Å²) in [6.07, 6.45) is 1.94. The fourth-order valence-electron chi connectivity index (χ4n) is 2.20. The quantitative estimate of drug-likeness (QED) is 0.850. The molecule has 1 aromatic carbocycles. The molecular formula is C13H15BrN2OS. The van der Waals surface area contributed by atoms with Gasteiger partial charge in [0.15, 0.2) is 0 Å². The highest BCUT2D eigenvalue weighted by Crippen LogP contribution is 2.22. The molecule has 3 nitrogen and oxygen atoms in total. The summed E-state index contributed by atoms with van der Waals surface area (Å²) >= 11 is 8.44. The Kier molecular flexibility index (Phi) is 4.35. The maximum atomic E-state index is 12.4. The zero-order valence-corrected chi connectivity index (χ0v) is 12.3. The highest BCUT2D eigenvalue weighted by Gasteiger charge is 2.26. The first-order valence-electron chi connectivity index (χ1n) is 5.92. The van der Waals surface area contributed by atoms with Gasteiger partial charge in [-0.05, 0) is 40.9 Å². The summed E-state index contributed by atoms with van der Waals surface area (Å²) in [5.74, 6) is 0.198. The van der Waals surface area contributed by atoms with Crippen LogP contribution in [-0.2, 0) is 0 Å². The van der Waals surface area contributed by atoms with Gasteiger partial charge >= 0.3 is 0 Å². The molecule has 1 aliphatic heterocycles. The third-order valence-corrected chi connectivity index (χ3v) is 4.24. The number of amides is 1. The molecule has 1 atom stereocenters. The molecule has 0 aromatic heterocycles. The number of carbonyl (C=O) groups excluding carboxylic acids is 1. The van der Waals surface area contributed by atoms with Crippen LogP contribution in [0, 0.1) is 5.92 Å². The Morgan fingerprint density at radius 2 is 2.17 bits per heavy atom. The summed E-state index contributed by atoms with van der Waals surface area (Å²) in [4.78, 5) is 14.8.